The van der Waals surface area contributed by atoms with Crippen LogP contribution in [0.5, 0.6) is 0 Å². The Morgan fingerprint density at radius 3 is 2.39 bits per heavy atom. The summed E-state index contributed by atoms with van der Waals surface area (Å²) in [6, 6.07) is 9.47. The van der Waals surface area contributed by atoms with Gasteiger partial charge in [-0.05, 0) is 63.1 Å². The van der Waals surface area contributed by atoms with Gasteiger partial charge in [0.25, 0.3) is 0 Å². The summed E-state index contributed by atoms with van der Waals surface area (Å²) < 4.78 is 41.5. The number of nitrogens with two attached hydrogens (primary N) is 1. The van der Waals surface area contributed by atoms with Crippen LogP contribution >= 0.6 is 11.8 Å². The highest BCUT2D eigenvalue weighted by Crippen LogP contribution is 2.50. The molecule has 2 saturated heterocycles. The molecule has 2 fully saturated rings. The summed E-state index contributed by atoms with van der Waals surface area (Å²) in [5.74, 6) is 0. The minimum absolute atomic E-state index is 0.128. The summed E-state index contributed by atoms with van der Waals surface area (Å²) in [7, 11) is 2.00. The van der Waals surface area contributed by atoms with Crippen LogP contribution in [0.25, 0.3) is 0 Å². The Bertz CT molecular complexity index is 1060. The summed E-state index contributed by atoms with van der Waals surface area (Å²) >= 11 is 1.42. The lowest BCUT2D eigenvalue weighted by molar-refractivity contribution is -0.137. The Hall–Kier alpha value is -2.14. The number of anilines is 4. The van der Waals surface area contributed by atoms with Gasteiger partial charge in [-0.2, -0.15) is 13.2 Å². The lowest BCUT2D eigenvalue weighted by Crippen LogP contribution is -2.41. The molecule has 36 heavy (non-hydrogen) atoms. The molecule has 0 radical (unpaired) electrons. The smallest absolute Gasteiger partial charge is 0.380 e. The van der Waals surface area contributed by atoms with Gasteiger partial charge < -0.3 is 31.5 Å². The van der Waals surface area contributed by atoms with Crippen molar-refractivity contribution < 1.29 is 13.2 Å². The van der Waals surface area contributed by atoms with E-state index in [0.717, 1.165) is 80.4 Å². The van der Waals surface area contributed by atoms with E-state index < -0.39 is 11.7 Å². The number of nitrogens with zero attached hydrogens (tertiary/aromatic N) is 2. The van der Waals surface area contributed by atoms with E-state index in [1.165, 1.54) is 23.9 Å². The minimum Gasteiger partial charge on any atom is -0.380 e. The van der Waals surface area contributed by atoms with Crippen LogP contribution in [0.1, 0.15) is 31.2 Å². The Kier molecular flexibility index (Phi) is 7.57. The molecule has 0 spiro atoms. The molecule has 3 aliphatic heterocycles. The predicted octanol–water partition coefficient (Wildman–Crippen LogP) is 4.94. The van der Waals surface area contributed by atoms with E-state index in [0.29, 0.717) is 23.2 Å². The summed E-state index contributed by atoms with van der Waals surface area (Å²) in [5.41, 5.74) is 8.36. The summed E-state index contributed by atoms with van der Waals surface area (Å²) in [6.45, 7) is 5.21. The molecule has 5 N–H and O–H groups in total. The lowest BCUT2D eigenvalue weighted by atomic mass is 10.0. The molecule has 0 atom stereocenters. The highest BCUT2D eigenvalue weighted by Gasteiger charge is 2.34. The number of halogens is 3. The molecule has 0 amide bonds. The van der Waals surface area contributed by atoms with Gasteiger partial charge in [0, 0.05) is 66.8 Å². The van der Waals surface area contributed by atoms with Crippen LogP contribution in [0, 0.1) is 0 Å². The predicted molar refractivity (Wildman–Crippen MR) is 142 cm³/mol. The third-order valence-corrected chi connectivity index (χ3v) is 8.63. The zero-order valence-electron chi connectivity index (χ0n) is 20.6. The number of alkyl halides is 3. The number of hydrogen-bond acceptors (Lipinski definition) is 7. The van der Waals surface area contributed by atoms with Crippen molar-refractivity contribution in [3.05, 3.63) is 35.9 Å². The highest BCUT2D eigenvalue weighted by atomic mass is 32.2. The van der Waals surface area contributed by atoms with E-state index in [9.17, 15) is 13.2 Å². The van der Waals surface area contributed by atoms with Gasteiger partial charge in [0.05, 0.1) is 22.6 Å². The quantitative estimate of drug-likeness (QED) is 0.367. The summed E-state index contributed by atoms with van der Waals surface area (Å²) in [4.78, 5) is 6.23. The van der Waals surface area contributed by atoms with Crippen molar-refractivity contribution in [3.63, 3.8) is 0 Å². The Morgan fingerprint density at radius 2 is 1.72 bits per heavy atom. The third kappa shape index (κ3) is 5.56. The molecule has 2 aromatic rings. The van der Waals surface area contributed by atoms with Gasteiger partial charge in [-0.15, -0.1) is 0 Å². The molecular weight excluding hydrogens is 485 g/mol. The van der Waals surface area contributed by atoms with Crippen molar-refractivity contribution in [2.75, 3.05) is 61.8 Å². The number of benzene rings is 2. The van der Waals surface area contributed by atoms with Gasteiger partial charge in [-0.3, -0.25) is 0 Å². The molecular formula is C26H35F3N6S. The average molecular weight is 521 g/mol. The molecule has 0 unspecified atom stereocenters. The van der Waals surface area contributed by atoms with E-state index in [1.807, 2.05) is 7.05 Å². The molecule has 0 saturated carbocycles. The van der Waals surface area contributed by atoms with Crippen LogP contribution in [0.15, 0.2) is 40.1 Å². The molecule has 0 aromatic heterocycles. The van der Waals surface area contributed by atoms with Crippen LogP contribution in [0.2, 0.25) is 0 Å². The molecule has 5 rings (SSSR count). The average Bonchev–Trinajstić information content (AvgIpc) is 2.88. The van der Waals surface area contributed by atoms with E-state index in [-0.39, 0.29) is 6.04 Å². The molecule has 2 aromatic carbocycles. The number of nitrogens with one attached hydrogen (secondary N) is 3. The van der Waals surface area contributed by atoms with Gasteiger partial charge in [-0.25, -0.2) is 0 Å². The molecule has 0 aliphatic carbocycles. The molecule has 10 heteroatoms. The van der Waals surface area contributed by atoms with Crippen LogP contribution < -0.4 is 26.6 Å². The first kappa shape index (κ1) is 25.5. The SMILES string of the molecule is CNC1CCN(c2ccc3c(c2)Sc2cc(C(F)(F)F)cc(NC4CCN(CCN)CC4)c2N3)CC1. The zero-order chi connectivity index (χ0) is 25.3. The second-order valence-corrected chi connectivity index (χ2v) is 11.0. The first-order valence-electron chi connectivity index (χ1n) is 12.8. The number of fused-ring (bicyclic) bond motifs is 2. The van der Waals surface area contributed by atoms with Crippen LogP contribution in [-0.2, 0) is 6.18 Å². The van der Waals surface area contributed by atoms with Crippen molar-refractivity contribution >= 4 is 34.5 Å². The fourth-order valence-electron chi connectivity index (χ4n) is 5.38. The molecule has 0 bridgehead atoms. The molecule has 6 nitrogen and oxygen atoms in total. The number of likely N-dealkylation sites (tertiary alicyclic amines) is 1. The second kappa shape index (κ2) is 10.7. The highest BCUT2D eigenvalue weighted by molar-refractivity contribution is 7.99. The maximum Gasteiger partial charge on any atom is 0.416 e. The number of piperidine rings is 2. The number of rotatable bonds is 6. The Labute approximate surface area is 215 Å². The van der Waals surface area contributed by atoms with Crippen LogP contribution in [0.3, 0.4) is 0 Å². The minimum atomic E-state index is -4.41. The summed E-state index contributed by atoms with van der Waals surface area (Å²) in [5, 5.41) is 10.2. The lowest BCUT2D eigenvalue weighted by Gasteiger charge is -2.35. The maximum atomic E-state index is 13.8. The van der Waals surface area contributed by atoms with Gasteiger partial charge >= 0.3 is 6.18 Å². The Morgan fingerprint density at radius 1 is 1.00 bits per heavy atom. The van der Waals surface area contributed by atoms with Crippen molar-refractivity contribution in [1.82, 2.24) is 10.2 Å². The fraction of sp³-hybridized carbons (Fsp3) is 0.538. The van der Waals surface area contributed by atoms with E-state index in [2.05, 4.69) is 43.9 Å². The van der Waals surface area contributed by atoms with E-state index in [4.69, 9.17) is 5.73 Å². The molecule has 3 aliphatic rings. The van der Waals surface area contributed by atoms with Crippen molar-refractivity contribution in [2.24, 2.45) is 5.73 Å². The monoisotopic (exact) mass is 520 g/mol. The first-order valence-corrected chi connectivity index (χ1v) is 13.6. The second-order valence-electron chi connectivity index (χ2n) is 9.90. The van der Waals surface area contributed by atoms with Crippen molar-refractivity contribution in [2.45, 2.75) is 53.7 Å². The summed E-state index contributed by atoms with van der Waals surface area (Å²) in [6.07, 6.45) is -0.491. The van der Waals surface area contributed by atoms with Crippen LogP contribution in [0.4, 0.5) is 35.9 Å². The van der Waals surface area contributed by atoms with Crippen molar-refractivity contribution in [3.8, 4) is 0 Å². The normalized spacial score (nSPS) is 19.5. The van der Waals surface area contributed by atoms with Crippen LogP contribution in [-0.4, -0.2) is 63.3 Å². The number of hydrogen-bond donors (Lipinski definition) is 4. The molecule has 3 heterocycles. The third-order valence-electron chi connectivity index (χ3n) is 7.54. The van der Waals surface area contributed by atoms with E-state index in [1.54, 1.807) is 0 Å². The van der Waals surface area contributed by atoms with Gasteiger partial charge in [-0.1, -0.05) is 11.8 Å². The van der Waals surface area contributed by atoms with Crippen molar-refractivity contribution in [1.29, 1.82) is 0 Å². The van der Waals surface area contributed by atoms with Gasteiger partial charge in [0.2, 0.25) is 0 Å². The zero-order valence-corrected chi connectivity index (χ0v) is 21.4. The van der Waals surface area contributed by atoms with Gasteiger partial charge in [0.15, 0.2) is 0 Å². The topological polar surface area (TPSA) is 68.6 Å². The standard InChI is InChI=1S/C26H35F3N6S/c1-31-18-6-11-35(12-7-18)20-2-3-21-23(16-20)36-24-15-17(26(27,28)29)14-22(25(24)33-21)32-19-4-9-34(10-5-19)13-8-30/h2-3,14-16,18-19,31-33H,4-13,30H2,1H3. The maximum absolute atomic E-state index is 13.8. The van der Waals surface area contributed by atoms with E-state index >= 15 is 0 Å². The molecule has 196 valence electrons. The first-order chi connectivity index (χ1) is 17.3. The largest absolute Gasteiger partial charge is 0.416 e. The Balaban J connectivity index is 1.38. The van der Waals surface area contributed by atoms with Gasteiger partial charge in [0.1, 0.15) is 0 Å². The fourth-order valence-corrected chi connectivity index (χ4v) is 6.48.